The molecule has 96 valence electrons. The van der Waals surface area contributed by atoms with Crippen LogP contribution in [0.1, 0.15) is 25.4 Å². The fourth-order valence-electron chi connectivity index (χ4n) is 2.25. The normalized spacial score (nSPS) is 20.6. The maximum absolute atomic E-state index is 5.75. The van der Waals surface area contributed by atoms with Crippen LogP contribution in [0.3, 0.4) is 0 Å². The second-order valence-electron chi connectivity index (χ2n) is 5.22. The Kier molecular flexibility index (Phi) is 3.86. The highest BCUT2D eigenvalue weighted by atomic mass is 16.5. The summed E-state index contributed by atoms with van der Waals surface area (Å²) in [5, 5.41) is 3.09. The molecule has 0 radical (unpaired) electrons. The Labute approximate surface area is 103 Å². The molecular weight excluding hydrogens is 216 g/mol. The van der Waals surface area contributed by atoms with Crippen LogP contribution >= 0.6 is 0 Å². The van der Waals surface area contributed by atoms with E-state index in [9.17, 15) is 0 Å². The van der Waals surface area contributed by atoms with Crippen LogP contribution in [0.4, 0.5) is 0 Å². The van der Waals surface area contributed by atoms with Crippen LogP contribution in [0, 0.1) is 0 Å². The van der Waals surface area contributed by atoms with Gasteiger partial charge in [0, 0.05) is 13.1 Å². The summed E-state index contributed by atoms with van der Waals surface area (Å²) < 4.78 is 11.4. The summed E-state index contributed by atoms with van der Waals surface area (Å²) in [6.07, 6.45) is 0. The van der Waals surface area contributed by atoms with E-state index in [0.29, 0.717) is 0 Å². The lowest BCUT2D eigenvalue weighted by molar-refractivity contribution is -0.0894. The quantitative estimate of drug-likeness (QED) is 0.865. The first-order valence-corrected chi connectivity index (χ1v) is 6.17. The Morgan fingerprint density at radius 2 is 2.12 bits per heavy atom. The van der Waals surface area contributed by atoms with Gasteiger partial charge in [-0.05, 0) is 33.0 Å². The van der Waals surface area contributed by atoms with Gasteiger partial charge in [-0.3, -0.25) is 4.90 Å². The molecule has 4 heteroatoms. The van der Waals surface area contributed by atoms with Gasteiger partial charge in [-0.25, -0.2) is 0 Å². The molecule has 0 aliphatic carbocycles. The zero-order valence-corrected chi connectivity index (χ0v) is 11.0. The molecule has 0 bridgehead atoms. The molecular formula is C13H22N2O2. The largest absolute Gasteiger partial charge is 0.463 e. The lowest BCUT2D eigenvalue weighted by atomic mass is 10.1. The second-order valence-corrected chi connectivity index (χ2v) is 5.22. The minimum atomic E-state index is -0.0430. The Morgan fingerprint density at radius 3 is 2.82 bits per heavy atom. The summed E-state index contributed by atoms with van der Waals surface area (Å²) in [6.45, 7) is 8.66. The number of hydrogen-bond acceptors (Lipinski definition) is 4. The monoisotopic (exact) mass is 238 g/mol. The molecule has 0 saturated carbocycles. The molecule has 1 fully saturated rings. The Balaban J connectivity index is 1.91. The Morgan fingerprint density at radius 1 is 1.35 bits per heavy atom. The summed E-state index contributed by atoms with van der Waals surface area (Å²) in [7, 11) is 1.92. The third-order valence-corrected chi connectivity index (χ3v) is 2.95. The maximum Gasteiger partial charge on any atom is 0.118 e. The van der Waals surface area contributed by atoms with Crippen molar-refractivity contribution in [1.82, 2.24) is 10.2 Å². The van der Waals surface area contributed by atoms with Crippen LogP contribution in [0.2, 0.25) is 0 Å². The highest BCUT2D eigenvalue weighted by molar-refractivity contribution is 5.07. The van der Waals surface area contributed by atoms with Crippen LogP contribution in [0.5, 0.6) is 0 Å². The fourth-order valence-corrected chi connectivity index (χ4v) is 2.25. The molecule has 1 aliphatic heterocycles. The van der Waals surface area contributed by atoms with Crippen molar-refractivity contribution in [3.63, 3.8) is 0 Å². The van der Waals surface area contributed by atoms with Crippen molar-refractivity contribution in [2.75, 3.05) is 26.7 Å². The second kappa shape index (κ2) is 5.21. The SMILES string of the molecule is CNCc1ccc(CN2CCOC(C)(C)C2)o1. The van der Waals surface area contributed by atoms with Crippen molar-refractivity contribution in [2.45, 2.75) is 32.5 Å². The third-order valence-electron chi connectivity index (χ3n) is 2.95. The van der Waals surface area contributed by atoms with Crippen molar-refractivity contribution in [3.05, 3.63) is 23.7 Å². The van der Waals surface area contributed by atoms with E-state index in [0.717, 1.165) is 44.3 Å². The summed E-state index contributed by atoms with van der Waals surface area (Å²) in [4.78, 5) is 2.38. The highest BCUT2D eigenvalue weighted by Gasteiger charge is 2.27. The lowest BCUT2D eigenvalue weighted by Crippen LogP contribution is -2.47. The number of rotatable bonds is 4. The van der Waals surface area contributed by atoms with Crippen molar-refractivity contribution >= 4 is 0 Å². The van der Waals surface area contributed by atoms with Gasteiger partial charge >= 0.3 is 0 Å². The minimum absolute atomic E-state index is 0.0430. The number of furan rings is 1. The molecule has 17 heavy (non-hydrogen) atoms. The van der Waals surface area contributed by atoms with Gasteiger partial charge in [-0.15, -0.1) is 0 Å². The zero-order valence-electron chi connectivity index (χ0n) is 11.0. The Hall–Kier alpha value is -0.840. The summed E-state index contributed by atoms with van der Waals surface area (Å²) >= 11 is 0. The number of ether oxygens (including phenoxy) is 1. The van der Waals surface area contributed by atoms with Gasteiger partial charge in [0.05, 0.1) is 25.3 Å². The van der Waals surface area contributed by atoms with Gasteiger partial charge in [0.1, 0.15) is 11.5 Å². The van der Waals surface area contributed by atoms with Gasteiger partial charge < -0.3 is 14.5 Å². The van der Waals surface area contributed by atoms with E-state index < -0.39 is 0 Å². The molecule has 2 heterocycles. The standard InChI is InChI=1S/C13H22N2O2/c1-13(2)10-15(6-7-16-13)9-12-5-4-11(17-12)8-14-3/h4-5,14H,6-10H2,1-3H3. The van der Waals surface area contributed by atoms with Crippen molar-refractivity contribution in [1.29, 1.82) is 0 Å². The van der Waals surface area contributed by atoms with E-state index in [1.807, 2.05) is 13.1 Å². The topological polar surface area (TPSA) is 37.6 Å². The number of hydrogen-bond donors (Lipinski definition) is 1. The number of nitrogens with zero attached hydrogens (tertiary/aromatic N) is 1. The molecule has 1 saturated heterocycles. The molecule has 1 aromatic heterocycles. The molecule has 2 rings (SSSR count). The molecule has 0 atom stereocenters. The Bertz CT molecular complexity index is 360. The predicted octanol–water partition coefficient (Wildman–Crippen LogP) is 1.61. The number of morpholine rings is 1. The van der Waals surface area contributed by atoms with Gasteiger partial charge in [0.25, 0.3) is 0 Å². The predicted molar refractivity (Wildman–Crippen MR) is 66.8 cm³/mol. The highest BCUT2D eigenvalue weighted by Crippen LogP contribution is 2.19. The van der Waals surface area contributed by atoms with Crippen molar-refractivity contribution < 1.29 is 9.15 Å². The molecule has 0 unspecified atom stereocenters. The van der Waals surface area contributed by atoms with Crippen LogP contribution < -0.4 is 5.32 Å². The van der Waals surface area contributed by atoms with Crippen LogP contribution in [0.15, 0.2) is 16.5 Å². The van der Waals surface area contributed by atoms with E-state index >= 15 is 0 Å². The van der Waals surface area contributed by atoms with Gasteiger partial charge in [-0.1, -0.05) is 0 Å². The minimum Gasteiger partial charge on any atom is -0.463 e. The molecule has 0 aromatic carbocycles. The van der Waals surface area contributed by atoms with Crippen molar-refractivity contribution in [3.8, 4) is 0 Å². The van der Waals surface area contributed by atoms with Gasteiger partial charge in [0.2, 0.25) is 0 Å². The first kappa shape index (κ1) is 12.6. The van der Waals surface area contributed by atoms with Crippen LogP contribution in [-0.2, 0) is 17.8 Å². The molecule has 1 N–H and O–H groups in total. The lowest BCUT2D eigenvalue weighted by Gasteiger charge is -2.37. The maximum atomic E-state index is 5.75. The summed E-state index contributed by atoms with van der Waals surface area (Å²) in [5.74, 6) is 2.03. The zero-order chi connectivity index (χ0) is 12.3. The molecule has 1 aromatic rings. The molecule has 4 nitrogen and oxygen atoms in total. The average Bonchev–Trinajstić information content (AvgIpc) is 2.64. The van der Waals surface area contributed by atoms with Crippen LogP contribution in [0.25, 0.3) is 0 Å². The first-order chi connectivity index (χ1) is 8.09. The van der Waals surface area contributed by atoms with E-state index in [4.69, 9.17) is 9.15 Å². The van der Waals surface area contributed by atoms with E-state index in [2.05, 4.69) is 30.1 Å². The van der Waals surface area contributed by atoms with E-state index in [-0.39, 0.29) is 5.60 Å². The fraction of sp³-hybridized carbons (Fsp3) is 0.692. The van der Waals surface area contributed by atoms with E-state index in [1.54, 1.807) is 0 Å². The van der Waals surface area contributed by atoms with Gasteiger partial charge in [-0.2, -0.15) is 0 Å². The van der Waals surface area contributed by atoms with Gasteiger partial charge in [0.15, 0.2) is 0 Å². The summed E-state index contributed by atoms with van der Waals surface area (Å²) in [5.41, 5.74) is -0.0430. The van der Waals surface area contributed by atoms with Crippen LogP contribution in [-0.4, -0.2) is 37.2 Å². The van der Waals surface area contributed by atoms with E-state index in [1.165, 1.54) is 0 Å². The summed E-state index contributed by atoms with van der Waals surface area (Å²) in [6, 6.07) is 4.10. The smallest absolute Gasteiger partial charge is 0.118 e. The average molecular weight is 238 g/mol. The third kappa shape index (κ3) is 3.56. The molecule has 0 amide bonds. The first-order valence-electron chi connectivity index (χ1n) is 6.17. The molecule has 0 spiro atoms. The van der Waals surface area contributed by atoms with Crippen molar-refractivity contribution in [2.24, 2.45) is 0 Å². The molecule has 1 aliphatic rings. The number of nitrogens with one attached hydrogen (secondary N) is 1.